The van der Waals surface area contributed by atoms with Gasteiger partial charge in [0.25, 0.3) is 0 Å². The molecule has 0 aliphatic rings. The maximum Gasteiger partial charge on any atom is 0.127 e. The highest BCUT2D eigenvalue weighted by atomic mass is 35.5. The lowest BCUT2D eigenvalue weighted by atomic mass is 10.3. The fourth-order valence-corrected chi connectivity index (χ4v) is 0.973. The molecule has 1 aromatic rings. The van der Waals surface area contributed by atoms with Gasteiger partial charge in [0.15, 0.2) is 0 Å². The van der Waals surface area contributed by atoms with E-state index in [-0.39, 0.29) is 0 Å². The maximum absolute atomic E-state index is 5.78. The number of hydrogen-bond donors (Lipinski definition) is 0. The average molecular weight is 159 g/mol. The minimum atomic E-state index is 0.730. The molecule has 0 aromatic carbocycles. The van der Waals surface area contributed by atoms with Gasteiger partial charge in [-0.15, -0.1) is 0 Å². The van der Waals surface area contributed by atoms with Crippen LogP contribution in [0.1, 0.15) is 19.8 Å². The van der Waals surface area contributed by atoms with Crippen molar-refractivity contribution in [2.75, 3.05) is 0 Å². The van der Waals surface area contributed by atoms with E-state index in [0.29, 0.717) is 0 Å². The third kappa shape index (κ3) is 1.74. The van der Waals surface area contributed by atoms with Crippen LogP contribution in [-0.4, -0.2) is 9.78 Å². The Morgan fingerprint density at radius 2 is 2.50 bits per heavy atom. The van der Waals surface area contributed by atoms with Gasteiger partial charge < -0.3 is 0 Å². The van der Waals surface area contributed by atoms with Gasteiger partial charge >= 0.3 is 0 Å². The number of halogens is 1. The van der Waals surface area contributed by atoms with E-state index < -0.39 is 0 Å². The van der Waals surface area contributed by atoms with Crippen LogP contribution in [0, 0.1) is 0 Å². The SMILES string of the molecule is CCCCn1nccc1Cl. The summed E-state index contributed by atoms with van der Waals surface area (Å²) >= 11 is 5.78. The Labute approximate surface area is 65.8 Å². The Kier molecular flexibility index (Phi) is 2.75. The molecule has 1 rings (SSSR count). The molecular formula is C7H11ClN2. The second-order valence-corrected chi connectivity index (χ2v) is 2.62. The predicted octanol–water partition coefficient (Wildman–Crippen LogP) is 2.34. The molecule has 0 atom stereocenters. The highest BCUT2D eigenvalue weighted by Gasteiger charge is 1.95. The Balaban J connectivity index is 2.49. The summed E-state index contributed by atoms with van der Waals surface area (Å²) < 4.78 is 1.81. The molecule has 2 nitrogen and oxygen atoms in total. The number of rotatable bonds is 3. The summed E-state index contributed by atoms with van der Waals surface area (Å²) in [4.78, 5) is 0. The van der Waals surface area contributed by atoms with E-state index in [4.69, 9.17) is 11.6 Å². The normalized spacial score (nSPS) is 10.2. The predicted molar refractivity (Wildman–Crippen MR) is 42.1 cm³/mol. The van der Waals surface area contributed by atoms with E-state index in [0.717, 1.165) is 18.1 Å². The van der Waals surface area contributed by atoms with Crippen molar-refractivity contribution in [1.29, 1.82) is 0 Å². The van der Waals surface area contributed by atoms with E-state index >= 15 is 0 Å². The molecule has 3 heteroatoms. The van der Waals surface area contributed by atoms with Crippen LogP contribution in [0.2, 0.25) is 5.15 Å². The molecule has 1 aromatic heterocycles. The highest BCUT2D eigenvalue weighted by molar-refractivity contribution is 6.29. The van der Waals surface area contributed by atoms with Crippen molar-refractivity contribution >= 4 is 11.6 Å². The summed E-state index contributed by atoms with van der Waals surface area (Å²) in [5.74, 6) is 0. The molecule has 0 saturated heterocycles. The number of nitrogens with zero attached hydrogens (tertiary/aromatic N) is 2. The van der Waals surface area contributed by atoms with Crippen molar-refractivity contribution in [2.45, 2.75) is 26.3 Å². The summed E-state index contributed by atoms with van der Waals surface area (Å²) in [6, 6.07) is 1.80. The minimum Gasteiger partial charge on any atom is -0.254 e. The topological polar surface area (TPSA) is 17.8 Å². The molecule has 56 valence electrons. The standard InChI is InChI=1S/C7H11ClN2/c1-2-3-6-10-7(8)4-5-9-10/h4-5H,2-3,6H2,1H3. The molecule has 0 fully saturated rings. The molecule has 0 aliphatic carbocycles. The molecule has 0 unspecified atom stereocenters. The lowest BCUT2D eigenvalue weighted by Crippen LogP contribution is -1.98. The lowest BCUT2D eigenvalue weighted by Gasteiger charge is -1.99. The average Bonchev–Trinajstić information content (AvgIpc) is 2.31. The van der Waals surface area contributed by atoms with Crippen LogP contribution in [0.25, 0.3) is 0 Å². The third-order valence-corrected chi connectivity index (χ3v) is 1.71. The Morgan fingerprint density at radius 1 is 1.70 bits per heavy atom. The zero-order chi connectivity index (χ0) is 7.40. The Morgan fingerprint density at radius 3 is 3.00 bits per heavy atom. The van der Waals surface area contributed by atoms with Crippen molar-refractivity contribution < 1.29 is 0 Å². The Hall–Kier alpha value is -0.500. The fraction of sp³-hybridized carbons (Fsp3) is 0.571. The summed E-state index contributed by atoms with van der Waals surface area (Å²) in [5, 5.41) is 4.77. The zero-order valence-electron chi connectivity index (χ0n) is 6.05. The van der Waals surface area contributed by atoms with Gasteiger partial charge in [0, 0.05) is 6.54 Å². The lowest BCUT2D eigenvalue weighted by molar-refractivity contribution is 0.572. The molecule has 0 radical (unpaired) electrons. The number of unbranched alkanes of at least 4 members (excludes halogenated alkanes) is 1. The first kappa shape index (κ1) is 7.61. The molecule has 1 heterocycles. The summed E-state index contributed by atoms with van der Waals surface area (Å²) in [6.07, 6.45) is 4.04. The second-order valence-electron chi connectivity index (χ2n) is 2.23. The monoisotopic (exact) mass is 158 g/mol. The minimum absolute atomic E-state index is 0.730. The van der Waals surface area contributed by atoms with E-state index in [1.165, 1.54) is 6.42 Å². The van der Waals surface area contributed by atoms with Gasteiger partial charge in [0.1, 0.15) is 5.15 Å². The van der Waals surface area contributed by atoms with E-state index in [2.05, 4.69) is 12.0 Å². The van der Waals surface area contributed by atoms with Gasteiger partial charge in [0.05, 0.1) is 6.20 Å². The van der Waals surface area contributed by atoms with Crippen LogP contribution in [0.15, 0.2) is 12.3 Å². The molecule has 0 spiro atoms. The van der Waals surface area contributed by atoms with Crippen LogP contribution >= 0.6 is 11.6 Å². The van der Waals surface area contributed by atoms with Crippen molar-refractivity contribution in [3.05, 3.63) is 17.4 Å². The number of aromatic nitrogens is 2. The Bertz CT molecular complexity index is 195. The summed E-state index contributed by atoms with van der Waals surface area (Å²) in [5.41, 5.74) is 0. The molecule has 0 saturated carbocycles. The first-order chi connectivity index (χ1) is 4.84. The molecule has 0 aliphatic heterocycles. The molecule has 0 N–H and O–H groups in total. The first-order valence-electron chi connectivity index (χ1n) is 3.52. The van der Waals surface area contributed by atoms with Gasteiger partial charge in [0.2, 0.25) is 0 Å². The quantitative estimate of drug-likeness (QED) is 0.661. The summed E-state index contributed by atoms with van der Waals surface area (Å²) in [7, 11) is 0. The number of aryl methyl sites for hydroxylation is 1. The van der Waals surface area contributed by atoms with E-state index in [9.17, 15) is 0 Å². The first-order valence-corrected chi connectivity index (χ1v) is 3.89. The van der Waals surface area contributed by atoms with Crippen molar-refractivity contribution in [3.63, 3.8) is 0 Å². The molecule has 0 amide bonds. The third-order valence-electron chi connectivity index (χ3n) is 1.39. The van der Waals surface area contributed by atoms with E-state index in [1.807, 2.05) is 4.68 Å². The second kappa shape index (κ2) is 3.62. The fourth-order valence-electron chi connectivity index (χ4n) is 0.789. The van der Waals surface area contributed by atoms with Gasteiger partial charge in [-0.05, 0) is 12.5 Å². The smallest absolute Gasteiger partial charge is 0.127 e. The molecule has 10 heavy (non-hydrogen) atoms. The van der Waals surface area contributed by atoms with Crippen LogP contribution < -0.4 is 0 Å². The van der Waals surface area contributed by atoms with Crippen molar-refractivity contribution in [1.82, 2.24) is 9.78 Å². The molecule has 0 bridgehead atoms. The van der Waals surface area contributed by atoms with Gasteiger partial charge in [-0.1, -0.05) is 24.9 Å². The largest absolute Gasteiger partial charge is 0.254 e. The van der Waals surface area contributed by atoms with Gasteiger partial charge in [-0.2, -0.15) is 5.10 Å². The van der Waals surface area contributed by atoms with Crippen molar-refractivity contribution in [2.24, 2.45) is 0 Å². The zero-order valence-corrected chi connectivity index (χ0v) is 6.80. The van der Waals surface area contributed by atoms with Gasteiger partial charge in [-0.3, -0.25) is 4.68 Å². The van der Waals surface area contributed by atoms with Crippen LogP contribution in [0.4, 0.5) is 0 Å². The van der Waals surface area contributed by atoms with E-state index in [1.54, 1.807) is 12.3 Å². The van der Waals surface area contributed by atoms with Crippen LogP contribution in [0.3, 0.4) is 0 Å². The summed E-state index contributed by atoms with van der Waals surface area (Å²) in [6.45, 7) is 3.08. The van der Waals surface area contributed by atoms with Crippen LogP contribution in [0.5, 0.6) is 0 Å². The van der Waals surface area contributed by atoms with Crippen LogP contribution in [-0.2, 0) is 6.54 Å². The molecular weight excluding hydrogens is 148 g/mol. The number of hydrogen-bond acceptors (Lipinski definition) is 1. The van der Waals surface area contributed by atoms with Gasteiger partial charge in [-0.25, -0.2) is 0 Å². The maximum atomic E-state index is 5.78. The van der Waals surface area contributed by atoms with Crippen molar-refractivity contribution in [3.8, 4) is 0 Å². The highest BCUT2D eigenvalue weighted by Crippen LogP contribution is 2.06.